The number of aliphatic hydroxyl groups excluding tert-OH is 1. The molecule has 22 heavy (non-hydrogen) atoms. The van der Waals surface area contributed by atoms with Crippen LogP contribution in [0.25, 0.3) is 0 Å². The summed E-state index contributed by atoms with van der Waals surface area (Å²) in [6.45, 7) is 2.52. The van der Waals surface area contributed by atoms with Gasteiger partial charge in [0.2, 0.25) is 0 Å². The molecule has 0 spiro atoms. The molecule has 1 aliphatic carbocycles. The van der Waals surface area contributed by atoms with Crippen molar-refractivity contribution in [3.8, 4) is 0 Å². The van der Waals surface area contributed by atoms with Gasteiger partial charge in [0, 0.05) is 18.9 Å². The van der Waals surface area contributed by atoms with Crippen LogP contribution in [0.2, 0.25) is 0 Å². The van der Waals surface area contributed by atoms with E-state index < -0.39 is 0 Å². The monoisotopic (exact) mass is 306 g/mol. The highest BCUT2D eigenvalue weighted by Crippen LogP contribution is 2.32. The van der Waals surface area contributed by atoms with E-state index in [0.29, 0.717) is 11.7 Å². The third-order valence-electron chi connectivity index (χ3n) is 4.60. The molecule has 0 radical (unpaired) electrons. The Bertz CT molecular complexity index is 344. The first-order chi connectivity index (χ1) is 10.8. The Labute approximate surface area is 136 Å². The van der Waals surface area contributed by atoms with Crippen LogP contribution in [0, 0.1) is 11.8 Å². The van der Waals surface area contributed by atoms with Crippen molar-refractivity contribution < 1.29 is 9.90 Å². The molecule has 126 valence electrons. The molecule has 1 aliphatic rings. The molecule has 0 aromatic heterocycles. The van der Waals surface area contributed by atoms with Gasteiger partial charge in [-0.05, 0) is 50.9 Å². The van der Waals surface area contributed by atoms with Crippen molar-refractivity contribution in [2.24, 2.45) is 11.8 Å². The molecule has 0 amide bonds. The number of hydrogen-bond donors (Lipinski definition) is 1. The van der Waals surface area contributed by atoms with Crippen LogP contribution < -0.4 is 0 Å². The van der Waals surface area contributed by atoms with Crippen molar-refractivity contribution >= 4 is 5.78 Å². The highest BCUT2D eigenvalue weighted by atomic mass is 16.2. The molecule has 2 heteroatoms. The zero-order valence-electron chi connectivity index (χ0n) is 14.3. The molecule has 0 saturated heterocycles. The smallest absolute Gasteiger partial charge is 0.136 e. The predicted octanol–water partition coefficient (Wildman–Crippen LogP) is 5.22. The number of carbonyl (C=O) groups excluding carboxylic acids is 1. The Hall–Kier alpha value is -0.890. The summed E-state index contributed by atoms with van der Waals surface area (Å²) >= 11 is 0. The first-order valence-electron chi connectivity index (χ1n) is 9.24. The largest absolute Gasteiger partial charge is 0.396 e. The molecule has 1 fully saturated rings. The highest BCUT2D eigenvalue weighted by Gasteiger charge is 2.31. The molecule has 0 aromatic carbocycles. The fourth-order valence-corrected chi connectivity index (χ4v) is 3.17. The van der Waals surface area contributed by atoms with Gasteiger partial charge >= 0.3 is 0 Å². The number of ketones is 1. The molecule has 2 nitrogen and oxygen atoms in total. The van der Waals surface area contributed by atoms with Crippen molar-refractivity contribution in [1.29, 1.82) is 0 Å². The molecule has 1 rings (SSSR count). The van der Waals surface area contributed by atoms with Gasteiger partial charge in [0.25, 0.3) is 0 Å². The van der Waals surface area contributed by atoms with E-state index >= 15 is 0 Å². The first-order valence-corrected chi connectivity index (χ1v) is 9.24. The second-order valence-electron chi connectivity index (χ2n) is 6.48. The molecule has 0 unspecified atom stereocenters. The van der Waals surface area contributed by atoms with Gasteiger partial charge in [-0.3, -0.25) is 4.79 Å². The lowest BCUT2D eigenvalue weighted by Gasteiger charge is -2.12. The number of unbranched alkanes of at least 4 members (excludes halogenated alkanes) is 6. The molecular formula is C20H34O2. The van der Waals surface area contributed by atoms with Crippen LogP contribution in [-0.2, 0) is 4.79 Å². The minimum atomic E-state index is 0.209. The Morgan fingerprint density at radius 2 is 1.82 bits per heavy atom. The number of allylic oxidation sites excluding steroid dienone is 4. The average Bonchev–Trinajstić information content (AvgIpc) is 2.87. The summed E-state index contributed by atoms with van der Waals surface area (Å²) in [5.74, 6) is 1.11. The van der Waals surface area contributed by atoms with Gasteiger partial charge in [0.1, 0.15) is 5.78 Å². The van der Waals surface area contributed by atoms with E-state index in [1.54, 1.807) is 0 Å². The summed E-state index contributed by atoms with van der Waals surface area (Å²) in [5.41, 5.74) is 0. The third-order valence-corrected chi connectivity index (χ3v) is 4.60. The Morgan fingerprint density at radius 1 is 1.05 bits per heavy atom. The van der Waals surface area contributed by atoms with Crippen molar-refractivity contribution in [2.45, 2.75) is 77.6 Å². The van der Waals surface area contributed by atoms with Crippen LogP contribution in [0.3, 0.4) is 0 Å². The molecule has 0 aromatic rings. The minimum Gasteiger partial charge on any atom is -0.396 e. The third kappa shape index (κ3) is 7.93. The van der Waals surface area contributed by atoms with Gasteiger partial charge < -0.3 is 5.11 Å². The summed E-state index contributed by atoms with van der Waals surface area (Å²) in [7, 11) is 0. The van der Waals surface area contributed by atoms with E-state index in [1.165, 1.54) is 25.7 Å². The molecule has 0 heterocycles. The lowest BCUT2D eigenvalue weighted by molar-refractivity contribution is -0.120. The normalized spacial score (nSPS) is 22.4. The van der Waals surface area contributed by atoms with Crippen molar-refractivity contribution in [2.75, 3.05) is 6.61 Å². The van der Waals surface area contributed by atoms with E-state index in [0.717, 1.165) is 44.9 Å². The van der Waals surface area contributed by atoms with E-state index in [1.807, 2.05) is 0 Å². The fraction of sp³-hybridized carbons (Fsp3) is 0.750. The van der Waals surface area contributed by atoms with Crippen LogP contribution in [0.5, 0.6) is 0 Å². The second kappa shape index (κ2) is 12.6. The zero-order valence-corrected chi connectivity index (χ0v) is 14.3. The van der Waals surface area contributed by atoms with Crippen LogP contribution in [0.4, 0.5) is 0 Å². The number of carbonyl (C=O) groups is 1. The van der Waals surface area contributed by atoms with Crippen LogP contribution in [0.1, 0.15) is 77.6 Å². The number of hydrogen-bond acceptors (Lipinski definition) is 2. The fourth-order valence-electron chi connectivity index (χ4n) is 3.17. The van der Waals surface area contributed by atoms with Gasteiger partial charge in [0.15, 0.2) is 0 Å². The summed E-state index contributed by atoms with van der Waals surface area (Å²) in [6.07, 6.45) is 20.9. The second-order valence-corrected chi connectivity index (χ2v) is 6.48. The molecule has 2 atom stereocenters. The first kappa shape index (κ1) is 19.2. The number of Topliss-reactive ketones (excluding diaryl/α,β-unsaturated/α-hetero) is 1. The lowest BCUT2D eigenvalue weighted by Crippen LogP contribution is -2.12. The number of aliphatic hydroxyl groups is 1. The summed E-state index contributed by atoms with van der Waals surface area (Å²) < 4.78 is 0. The summed E-state index contributed by atoms with van der Waals surface area (Å²) in [4.78, 5) is 12.0. The Balaban J connectivity index is 2.27. The minimum absolute atomic E-state index is 0.209. The van der Waals surface area contributed by atoms with Crippen LogP contribution in [0.15, 0.2) is 24.3 Å². The lowest BCUT2D eigenvalue weighted by atomic mass is 9.91. The van der Waals surface area contributed by atoms with Gasteiger partial charge in [-0.2, -0.15) is 0 Å². The molecular weight excluding hydrogens is 272 g/mol. The predicted molar refractivity (Wildman–Crippen MR) is 93.8 cm³/mol. The topological polar surface area (TPSA) is 37.3 Å². The van der Waals surface area contributed by atoms with Crippen LogP contribution in [-0.4, -0.2) is 17.5 Å². The van der Waals surface area contributed by atoms with Gasteiger partial charge in [-0.25, -0.2) is 0 Å². The van der Waals surface area contributed by atoms with E-state index in [2.05, 4.69) is 31.2 Å². The van der Waals surface area contributed by atoms with Gasteiger partial charge in [-0.15, -0.1) is 0 Å². The Morgan fingerprint density at radius 3 is 2.59 bits per heavy atom. The van der Waals surface area contributed by atoms with E-state index in [9.17, 15) is 4.79 Å². The van der Waals surface area contributed by atoms with Gasteiger partial charge in [-0.1, -0.05) is 50.5 Å². The number of rotatable bonds is 12. The SMILES string of the molecule is CCCCCCC=C[C@H]1CCC(=O)[C@@H]1CC=CCCCCO. The van der Waals surface area contributed by atoms with Gasteiger partial charge in [0.05, 0.1) is 0 Å². The maximum atomic E-state index is 12.0. The maximum Gasteiger partial charge on any atom is 0.136 e. The standard InChI is InChI=1S/C20H34O2/c1-2-3-4-5-7-10-13-18-15-16-20(22)19(18)14-11-8-6-9-12-17-21/h8,10-11,13,18-19,21H,2-7,9,12,14-17H2,1H3/t18-,19+/m0/s1. The van der Waals surface area contributed by atoms with Crippen LogP contribution >= 0.6 is 0 Å². The van der Waals surface area contributed by atoms with E-state index in [4.69, 9.17) is 5.11 Å². The van der Waals surface area contributed by atoms with Crippen molar-refractivity contribution in [3.05, 3.63) is 24.3 Å². The zero-order chi connectivity index (χ0) is 16.0. The highest BCUT2D eigenvalue weighted by molar-refractivity contribution is 5.83. The summed E-state index contributed by atoms with van der Waals surface area (Å²) in [6, 6.07) is 0. The molecule has 0 aliphatic heterocycles. The van der Waals surface area contributed by atoms with Crippen molar-refractivity contribution in [1.82, 2.24) is 0 Å². The average molecular weight is 306 g/mol. The summed E-state index contributed by atoms with van der Waals surface area (Å²) in [5, 5.41) is 8.74. The molecule has 1 N–H and O–H groups in total. The molecule has 1 saturated carbocycles. The Kier molecular flexibility index (Phi) is 11.0. The van der Waals surface area contributed by atoms with Crippen molar-refractivity contribution in [3.63, 3.8) is 0 Å². The molecule has 0 bridgehead atoms. The van der Waals surface area contributed by atoms with E-state index in [-0.39, 0.29) is 12.5 Å². The maximum absolute atomic E-state index is 12.0. The quantitative estimate of drug-likeness (QED) is 0.396.